The molecule has 0 aliphatic heterocycles. The summed E-state index contributed by atoms with van der Waals surface area (Å²) in [6.07, 6.45) is 1.93. The van der Waals surface area contributed by atoms with Crippen LogP contribution in [0.5, 0.6) is 5.75 Å². The van der Waals surface area contributed by atoms with Crippen molar-refractivity contribution in [1.82, 2.24) is 4.90 Å². The van der Waals surface area contributed by atoms with Crippen LogP contribution in [0.15, 0.2) is 55.1 Å². The van der Waals surface area contributed by atoms with Crippen LogP contribution in [0.4, 0.5) is 0 Å². The summed E-state index contributed by atoms with van der Waals surface area (Å²) in [7, 11) is 0. The van der Waals surface area contributed by atoms with E-state index in [0.29, 0.717) is 6.61 Å². The molecule has 0 fully saturated rings. The molecule has 0 heterocycles. The molecule has 0 aromatic heterocycles. The zero-order valence-electron chi connectivity index (χ0n) is 14.7. The van der Waals surface area contributed by atoms with Gasteiger partial charge in [-0.2, -0.15) is 0 Å². The Hall–Kier alpha value is -2.10. The zero-order chi connectivity index (χ0) is 17.4. The van der Waals surface area contributed by atoms with Gasteiger partial charge in [-0.15, -0.1) is 6.58 Å². The molecule has 128 valence electrons. The summed E-state index contributed by atoms with van der Waals surface area (Å²) >= 11 is 0. The van der Waals surface area contributed by atoms with Crippen molar-refractivity contribution in [3.63, 3.8) is 0 Å². The van der Waals surface area contributed by atoms with E-state index in [9.17, 15) is 5.11 Å². The predicted octanol–water partition coefficient (Wildman–Crippen LogP) is 4.07. The maximum atomic E-state index is 9.57. The van der Waals surface area contributed by atoms with Crippen molar-refractivity contribution in [2.75, 3.05) is 13.2 Å². The molecule has 0 saturated heterocycles. The van der Waals surface area contributed by atoms with Gasteiger partial charge in [0.05, 0.1) is 13.2 Å². The van der Waals surface area contributed by atoms with Crippen molar-refractivity contribution in [2.24, 2.45) is 0 Å². The van der Waals surface area contributed by atoms with Gasteiger partial charge in [-0.3, -0.25) is 4.90 Å². The first-order valence-corrected chi connectivity index (χ1v) is 8.41. The molecule has 0 unspecified atom stereocenters. The van der Waals surface area contributed by atoms with Gasteiger partial charge in [0.1, 0.15) is 5.75 Å². The molecule has 2 aromatic rings. The van der Waals surface area contributed by atoms with Crippen LogP contribution in [-0.2, 0) is 19.7 Å². The monoisotopic (exact) mass is 325 g/mol. The van der Waals surface area contributed by atoms with E-state index >= 15 is 0 Å². The smallest absolute Gasteiger partial charge is 0.124 e. The minimum Gasteiger partial charge on any atom is -0.494 e. The van der Waals surface area contributed by atoms with E-state index in [1.54, 1.807) is 0 Å². The van der Waals surface area contributed by atoms with Crippen molar-refractivity contribution in [1.29, 1.82) is 0 Å². The largest absolute Gasteiger partial charge is 0.494 e. The van der Waals surface area contributed by atoms with E-state index in [0.717, 1.165) is 36.5 Å². The number of hydrogen-bond acceptors (Lipinski definition) is 3. The second-order valence-electron chi connectivity index (χ2n) is 5.92. The average molecular weight is 325 g/mol. The number of aliphatic hydroxyl groups is 1. The number of benzene rings is 2. The van der Waals surface area contributed by atoms with Crippen molar-refractivity contribution < 1.29 is 9.84 Å². The number of hydrogen-bond donors (Lipinski definition) is 1. The molecule has 0 aliphatic carbocycles. The third kappa shape index (κ3) is 4.95. The molecule has 24 heavy (non-hydrogen) atoms. The molecule has 2 aromatic carbocycles. The SMILES string of the molecule is C=CCN(Cc1ccc(OCC)c(CO)c1)Cc1ccccc1C. The number of aliphatic hydroxyl groups excluding tert-OH is 1. The van der Waals surface area contributed by atoms with E-state index < -0.39 is 0 Å². The number of nitrogens with zero attached hydrogens (tertiary/aromatic N) is 1. The van der Waals surface area contributed by atoms with Gasteiger partial charge in [0.15, 0.2) is 0 Å². The average Bonchev–Trinajstić information content (AvgIpc) is 2.58. The molecule has 0 atom stereocenters. The molecule has 3 heteroatoms. The van der Waals surface area contributed by atoms with Crippen molar-refractivity contribution in [3.05, 3.63) is 77.4 Å². The molecule has 0 amide bonds. The van der Waals surface area contributed by atoms with Crippen LogP contribution in [0.25, 0.3) is 0 Å². The first kappa shape index (κ1) is 18.2. The summed E-state index contributed by atoms with van der Waals surface area (Å²) in [5.41, 5.74) is 4.63. The maximum absolute atomic E-state index is 9.57. The van der Waals surface area contributed by atoms with Gasteiger partial charge in [-0.25, -0.2) is 0 Å². The van der Waals surface area contributed by atoms with Gasteiger partial charge >= 0.3 is 0 Å². The Morgan fingerprint density at radius 2 is 1.92 bits per heavy atom. The molecule has 0 aliphatic rings. The van der Waals surface area contributed by atoms with Gasteiger partial charge in [0, 0.05) is 25.2 Å². The van der Waals surface area contributed by atoms with E-state index in [1.807, 2.05) is 25.1 Å². The van der Waals surface area contributed by atoms with Gasteiger partial charge < -0.3 is 9.84 Å². The van der Waals surface area contributed by atoms with Gasteiger partial charge in [0.2, 0.25) is 0 Å². The number of rotatable bonds is 9. The van der Waals surface area contributed by atoms with Crippen LogP contribution in [0.1, 0.15) is 29.2 Å². The fourth-order valence-electron chi connectivity index (χ4n) is 2.81. The second-order valence-corrected chi connectivity index (χ2v) is 5.92. The Bertz CT molecular complexity index is 667. The third-order valence-electron chi connectivity index (χ3n) is 4.04. The summed E-state index contributed by atoms with van der Waals surface area (Å²) in [4.78, 5) is 2.34. The van der Waals surface area contributed by atoms with Crippen LogP contribution in [-0.4, -0.2) is 23.2 Å². The fraction of sp³-hybridized carbons (Fsp3) is 0.333. The first-order valence-electron chi connectivity index (χ1n) is 8.41. The lowest BCUT2D eigenvalue weighted by molar-refractivity contribution is 0.264. The highest BCUT2D eigenvalue weighted by atomic mass is 16.5. The summed E-state index contributed by atoms with van der Waals surface area (Å²) in [5.74, 6) is 0.762. The highest BCUT2D eigenvalue weighted by Gasteiger charge is 2.10. The van der Waals surface area contributed by atoms with Crippen LogP contribution in [0, 0.1) is 6.92 Å². The van der Waals surface area contributed by atoms with Crippen LogP contribution in [0.2, 0.25) is 0 Å². The van der Waals surface area contributed by atoms with Crippen LogP contribution >= 0.6 is 0 Å². The van der Waals surface area contributed by atoms with Crippen molar-refractivity contribution in [3.8, 4) is 5.75 Å². The molecule has 1 N–H and O–H groups in total. The fourth-order valence-corrected chi connectivity index (χ4v) is 2.81. The molecule has 3 nitrogen and oxygen atoms in total. The highest BCUT2D eigenvalue weighted by Crippen LogP contribution is 2.22. The first-order chi connectivity index (χ1) is 11.7. The Balaban J connectivity index is 2.15. The van der Waals surface area contributed by atoms with Gasteiger partial charge in [-0.05, 0) is 42.7 Å². The quantitative estimate of drug-likeness (QED) is 0.705. The minimum atomic E-state index is -0.0115. The molecule has 0 radical (unpaired) electrons. The number of ether oxygens (including phenoxy) is 1. The topological polar surface area (TPSA) is 32.7 Å². The van der Waals surface area contributed by atoms with Crippen LogP contribution in [0.3, 0.4) is 0 Å². The molecule has 2 rings (SSSR count). The lowest BCUT2D eigenvalue weighted by Crippen LogP contribution is -2.23. The third-order valence-corrected chi connectivity index (χ3v) is 4.04. The molecular formula is C21H27NO2. The Kier molecular flexibility index (Phi) is 7.04. The molecule has 0 saturated carbocycles. The lowest BCUT2D eigenvalue weighted by atomic mass is 10.1. The summed E-state index contributed by atoms with van der Waals surface area (Å²) in [5, 5.41) is 9.57. The maximum Gasteiger partial charge on any atom is 0.124 e. The Morgan fingerprint density at radius 1 is 1.12 bits per heavy atom. The number of aryl methyl sites for hydroxylation is 1. The predicted molar refractivity (Wildman–Crippen MR) is 99.0 cm³/mol. The molecule has 0 spiro atoms. The van der Waals surface area contributed by atoms with Gasteiger partial charge in [0.25, 0.3) is 0 Å². The highest BCUT2D eigenvalue weighted by molar-refractivity contribution is 5.37. The molecular weight excluding hydrogens is 298 g/mol. The standard InChI is InChI=1S/C21H27NO2/c1-4-12-22(15-19-9-7-6-8-17(19)3)14-18-10-11-21(24-5-2)20(13-18)16-23/h4,6-11,13,23H,1,5,12,14-16H2,2-3H3. The summed E-state index contributed by atoms with van der Waals surface area (Å²) in [6.45, 7) is 11.0. The zero-order valence-corrected chi connectivity index (χ0v) is 14.7. The summed E-state index contributed by atoms with van der Waals surface area (Å²) in [6, 6.07) is 14.5. The van der Waals surface area contributed by atoms with Crippen LogP contribution < -0.4 is 4.74 Å². The van der Waals surface area contributed by atoms with E-state index in [4.69, 9.17) is 4.74 Å². The normalized spacial score (nSPS) is 10.8. The van der Waals surface area contributed by atoms with Gasteiger partial charge in [-0.1, -0.05) is 36.4 Å². The van der Waals surface area contributed by atoms with Crippen molar-refractivity contribution in [2.45, 2.75) is 33.5 Å². The summed E-state index contributed by atoms with van der Waals surface area (Å²) < 4.78 is 5.56. The van der Waals surface area contributed by atoms with Crippen molar-refractivity contribution >= 4 is 0 Å². The Labute approximate surface area is 145 Å². The molecule has 0 bridgehead atoms. The second kappa shape index (κ2) is 9.26. The Morgan fingerprint density at radius 3 is 2.58 bits per heavy atom. The lowest BCUT2D eigenvalue weighted by Gasteiger charge is -2.22. The van der Waals surface area contributed by atoms with E-state index in [1.165, 1.54) is 11.1 Å². The minimum absolute atomic E-state index is 0.0115. The van der Waals surface area contributed by atoms with E-state index in [-0.39, 0.29) is 6.61 Å². The van der Waals surface area contributed by atoms with E-state index in [2.05, 4.69) is 48.7 Å².